The first-order valence-electron chi connectivity index (χ1n) is 9.12. The van der Waals surface area contributed by atoms with E-state index in [1.54, 1.807) is 12.1 Å². The molecule has 0 amide bonds. The van der Waals surface area contributed by atoms with E-state index in [2.05, 4.69) is 15.2 Å². The number of hydrogen-bond donors (Lipinski definition) is 1. The molecule has 27 heavy (non-hydrogen) atoms. The smallest absolute Gasteiger partial charge is 0.244 e. The van der Waals surface area contributed by atoms with Crippen LogP contribution in [0.2, 0.25) is 0 Å². The second-order valence-corrected chi connectivity index (χ2v) is 8.47. The maximum atomic E-state index is 12.7. The van der Waals surface area contributed by atoms with Crippen molar-refractivity contribution in [1.82, 2.24) is 14.2 Å². The van der Waals surface area contributed by atoms with Crippen LogP contribution in [0.3, 0.4) is 0 Å². The number of hydrogen-bond acceptors (Lipinski definition) is 6. The molecule has 0 spiro atoms. The number of nitrogens with one attached hydrogen (secondary N) is 1. The van der Waals surface area contributed by atoms with Crippen LogP contribution in [-0.2, 0) is 10.0 Å². The van der Waals surface area contributed by atoms with Crippen molar-refractivity contribution in [1.29, 1.82) is 0 Å². The molecular formula is C19H26N4O3S. The highest BCUT2D eigenvalue weighted by molar-refractivity contribution is 7.89. The molecule has 0 unspecified atom stereocenters. The van der Waals surface area contributed by atoms with E-state index >= 15 is 0 Å². The summed E-state index contributed by atoms with van der Waals surface area (Å²) in [6, 6.07) is 13.0. The number of aromatic nitrogens is 1. The Kier molecular flexibility index (Phi) is 6.65. The van der Waals surface area contributed by atoms with E-state index in [-0.39, 0.29) is 4.90 Å². The molecule has 0 saturated carbocycles. The van der Waals surface area contributed by atoms with Gasteiger partial charge in [-0.25, -0.2) is 13.4 Å². The average molecular weight is 391 g/mol. The third-order valence-corrected chi connectivity index (χ3v) is 6.36. The van der Waals surface area contributed by atoms with Crippen LogP contribution in [0.5, 0.6) is 5.75 Å². The Hall–Kier alpha value is -2.16. The van der Waals surface area contributed by atoms with Crippen LogP contribution in [0.15, 0.2) is 53.6 Å². The van der Waals surface area contributed by atoms with Gasteiger partial charge in [0.15, 0.2) is 0 Å². The van der Waals surface area contributed by atoms with Gasteiger partial charge in [-0.3, -0.25) is 0 Å². The number of para-hydroxylation sites is 1. The predicted molar refractivity (Wildman–Crippen MR) is 106 cm³/mol. The van der Waals surface area contributed by atoms with Gasteiger partial charge >= 0.3 is 0 Å². The number of anilines is 1. The zero-order valence-corrected chi connectivity index (χ0v) is 16.4. The van der Waals surface area contributed by atoms with Gasteiger partial charge in [-0.2, -0.15) is 4.31 Å². The summed E-state index contributed by atoms with van der Waals surface area (Å²) in [5.41, 5.74) is 0. The van der Waals surface area contributed by atoms with Crippen LogP contribution >= 0.6 is 0 Å². The molecule has 1 aliphatic rings. The molecule has 1 saturated heterocycles. The maximum absolute atomic E-state index is 12.7. The number of likely N-dealkylation sites (N-methyl/N-ethyl adjacent to an activating group) is 1. The summed E-state index contributed by atoms with van der Waals surface area (Å²) in [4.78, 5) is 6.61. The highest BCUT2D eigenvalue weighted by atomic mass is 32.2. The summed E-state index contributed by atoms with van der Waals surface area (Å²) in [6.07, 6.45) is 2.24. The Bertz CT molecular complexity index is 805. The summed E-state index contributed by atoms with van der Waals surface area (Å²) < 4.78 is 32.5. The van der Waals surface area contributed by atoms with E-state index in [9.17, 15) is 8.42 Å². The number of sulfonamides is 1. The third-order valence-electron chi connectivity index (χ3n) is 4.48. The van der Waals surface area contributed by atoms with E-state index in [1.807, 2.05) is 37.4 Å². The van der Waals surface area contributed by atoms with Crippen molar-refractivity contribution in [3.63, 3.8) is 0 Å². The van der Waals surface area contributed by atoms with Crippen LogP contribution in [0.1, 0.15) is 6.42 Å². The first-order valence-corrected chi connectivity index (χ1v) is 10.6. The molecule has 0 radical (unpaired) electrons. The highest BCUT2D eigenvalue weighted by Gasteiger charge is 2.27. The van der Waals surface area contributed by atoms with Gasteiger partial charge < -0.3 is 15.0 Å². The molecule has 0 atom stereocenters. The predicted octanol–water partition coefficient (Wildman–Crippen LogP) is 1.90. The summed E-state index contributed by atoms with van der Waals surface area (Å²) in [5, 5.41) is 3.19. The molecule has 1 aliphatic heterocycles. The molecule has 7 nitrogen and oxygen atoms in total. The fraction of sp³-hybridized carbons (Fsp3) is 0.421. The van der Waals surface area contributed by atoms with Gasteiger partial charge in [-0.05, 0) is 37.7 Å². The first kappa shape index (κ1) is 19.6. The molecule has 1 N–H and O–H groups in total. The van der Waals surface area contributed by atoms with Gasteiger partial charge in [0.25, 0.3) is 0 Å². The molecule has 146 valence electrons. The SMILES string of the molecule is CN1CCN(S(=O)(=O)c2ccc(NCCCOc3ccccc3)nc2)CC1. The topological polar surface area (TPSA) is 74.8 Å². The molecule has 1 fully saturated rings. The normalized spacial score (nSPS) is 16.2. The number of benzene rings is 1. The number of rotatable bonds is 8. The Morgan fingerprint density at radius 3 is 2.48 bits per heavy atom. The zero-order valence-electron chi connectivity index (χ0n) is 15.5. The molecule has 1 aromatic heterocycles. The Morgan fingerprint density at radius 1 is 1.07 bits per heavy atom. The van der Waals surface area contributed by atoms with Crippen molar-refractivity contribution < 1.29 is 13.2 Å². The van der Waals surface area contributed by atoms with Crippen LogP contribution in [0, 0.1) is 0 Å². The Balaban J connectivity index is 1.45. The van der Waals surface area contributed by atoms with E-state index in [4.69, 9.17) is 4.74 Å². The van der Waals surface area contributed by atoms with Gasteiger partial charge in [0, 0.05) is 38.9 Å². The van der Waals surface area contributed by atoms with Crippen LogP contribution in [0.25, 0.3) is 0 Å². The molecule has 1 aromatic carbocycles. The minimum atomic E-state index is -3.47. The molecule has 8 heteroatoms. The van der Waals surface area contributed by atoms with Crippen molar-refractivity contribution in [2.45, 2.75) is 11.3 Å². The quantitative estimate of drug-likeness (QED) is 0.694. The standard InChI is InChI=1S/C19H26N4O3S/c1-22-11-13-23(14-12-22)27(24,25)18-8-9-19(21-16-18)20-10-5-15-26-17-6-3-2-4-7-17/h2-4,6-9,16H,5,10-15H2,1H3,(H,20,21). The minimum absolute atomic E-state index is 0.241. The van der Waals surface area contributed by atoms with Gasteiger partial charge in [0.05, 0.1) is 6.61 Å². The summed E-state index contributed by atoms with van der Waals surface area (Å²) >= 11 is 0. The third kappa shape index (κ3) is 5.41. The maximum Gasteiger partial charge on any atom is 0.244 e. The van der Waals surface area contributed by atoms with Crippen LogP contribution < -0.4 is 10.1 Å². The first-order chi connectivity index (χ1) is 13.1. The second-order valence-electron chi connectivity index (χ2n) is 6.53. The van der Waals surface area contributed by atoms with Crippen LogP contribution in [0.4, 0.5) is 5.82 Å². The molecule has 2 heterocycles. The second kappa shape index (κ2) is 9.16. The minimum Gasteiger partial charge on any atom is -0.494 e. The van der Waals surface area contributed by atoms with E-state index in [0.29, 0.717) is 32.1 Å². The molecule has 3 rings (SSSR count). The summed E-state index contributed by atoms with van der Waals surface area (Å²) in [6.45, 7) is 3.83. The highest BCUT2D eigenvalue weighted by Crippen LogP contribution is 2.18. The van der Waals surface area contributed by atoms with Crippen molar-refractivity contribution >= 4 is 15.8 Å². The number of piperazine rings is 1. The number of pyridine rings is 1. The lowest BCUT2D eigenvalue weighted by Crippen LogP contribution is -2.47. The number of ether oxygens (including phenoxy) is 1. The lowest BCUT2D eigenvalue weighted by atomic mass is 10.3. The molecule has 2 aromatic rings. The zero-order chi connectivity index (χ0) is 19.1. The van der Waals surface area contributed by atoms with Crippen molar-refractivity contribution in [2.24, 2.45) is 0 Å². The molecular weight excluding hydrogens is 364 g/mol. The van der Waals surface area contributed by atoms with Crippen molar-refractivity contribution in [2.75, 3.05) is 51.7 Å². The Labute approximate surface area is 161 Å². The van der Waals surface area contributed by atoms with Crippen LogP contribution in [-0.4, -0.2) is 69.0 Å². The lowest BCUT2D eigenvalue weighted by Gasteiger charge is -2.31. The summed E-state index contributed by atoms with van der Waals surface area (Å²) in [5.74, 6) is 1.51. The Morgan fingerprint density at radius 2 is 1.81 bits per heavy atom. The van der Waals surface area contributed by atoms with Crippen molar-refractivity contribution in [3.8, 4) is 5.75 Å². The molecule has 0 bridgehead atoms. The summed E-state index contributed by atoms with van der Waals surface area (Å²) in [7, 11) is -1.47. The average Bonchev–Trinajstić information content (AvgIpc) is 2.69. The van der Waals surface area contributed by atoms with E-state index in [0.717, 1.165) is 25.3 Å². The van der Waals surface area contributed by atoms with Crippen molar-refractivity contribution in [3.05, 3.63) is 48.7 Å². The van der Waals surface area contributed by atoms with Gasteiger partial charge in [0.2, 0.25) is 10.0 Å². The fourth-order valence-corrected chi connectivity index (χ4v) is 4.18. The van der Waals surface area contributed by atoms with Gasteiger partial charge in [-0.15, -0.1) is 0 Å². The fourth-order valence-electron chi connectivity index (χ4n) is 2.81. The van der Waals surface area contributed by atoms with Gasteiger partial charge in [0.1, 0.15) is 16.5 Å². The van der Waals surface area contributed by atoms with E-state index < -0.39 is 10.0 Å². The molecule has 0 aliphatic carbocycles. The monoisotopic (exact) mass is 390 g/mol. The number of nitrogens with zero attached hydrogens (tertiary/aromatic N) is 3. The largest absolute Gasteiger partial charge is 0.494 e. The van der Waals surface area contributed by atoms with Gasteiger partial charge in [-0.1, -0.05) is 18.2 Å². The lowest BCUT2D eigenvalue weighted by molar-refractivity contribution is 0.222. The van der Waals surface area contributed by atoms with E-state index in [1.165, 1.54) is 10.5 Å².